The van der Waals surface area contributed by atoms with Crippen LogP contribution in [-0.2, 0) is 9.59 Å². The quantitative estimate of drug-likeness (QED) is 0.646. The second-order valence-electron chi connectivity index (χ2n) is 7.40. The van der Waals surface area contributed by atoms with Crippen LogP contribution in [0.2, 0.25) is 0 Å². The zero-order valence-electron chi connectivity index (χ0n) is 14.3. The minimum atomic E-state index is -0.793. The highest BCUT2D eigenvalue weighted by Crippen LogP contribution is 2.48. The molecule has 2 N–H and O–H groups in total. The number of Topliss-reactive ketones (excluding diaryl/α,β-unsaturated/α-hetero) is 1. The van der Waals surface area contributed by atoms with Crippen LogP contribution in [-0.4, -0.2) is 50.2 Å². The van der Waals surface area contributed by atoms with Crippen LogP contribution in [0.3, 0.4) is 0 Å². The van der Waals surface area contributed by atoms with E-state index in [1.165, 1.54) is 0 Å². The average molecular weight is 343 g/mol. The van der Waals surface area contributed by atoms with Gasteiger partial charge in [0, 0.05) is 19.4 Å². The Hall–Kier alpha value is -0.880. The molecule has 132 valence electrons. The standard InChI is InChI=1S/C17H29NO4S/c1-11(2)14(4-5-15(20)21)23-9-8-18-16(23)12-10-17(3,22)7-6-13(12)19/h11-12,14,22-23H,4-10H2,1-3H3,(H,20,21)/t12?,14-,17?/m0/s1. The van der Waals surface area contributed by atoms with E-state index in [9.17, 15) is 14.7 Å². The van der Waals surface area contributed by atoms with Crippen LogP contribution in [0.1, 0.15) is 52.9 Å². The molecule has 0 saturated heterocycles. The molecule has 1 fully saturated rings. The third-order valence-corrected chi connectivity index (χ3v) is 8.37. The zero-order chi connectivity index (χ0) is 17.2. The van der Waals surface area contributed by atoms with Gasteiger partial charge in [0.2, 0.25) is 0 Å². The molecule has 1 saturated carbocycles. The first-order valence-corrected chi connectivity index (χ1v) is 10.1. The van der Waals surface area contributed by atoms with Gasteiger partial charge < -0.3 is 10.2 Å². The van der Waals surface area contributed by atoms with E-state index in [0.717, 1.165) is 17.3 Å². The molecule has 1 heterocycles. The van der Waals surface area contributed by atoms with Crippen LogP contribution < -0.4 is 0 Å². The molecule has 0 amide bonds. The Kier molecular flexibility index (Phi) is 5.89. The van der Waals surface area contributed by atoms with Crippen LogP contribution in [0.4, 0.5) is 0 Å². The first-order valence-electron chi connectivity index (χ1n) is 8.49. The van der Waals surface area contributed by atoms with Crippen molar-refractivity contribution in [3.8, 4) is 0 Å². The van der Waals surface area contributed by atoms with Crippen LogP contribution >= 0.6 is 10.9 Å². The van der Waals surface area contributed by atoms with E-state index < -0.39 is 22.5 Å². The molecule has 5 nitrogen and oxygen atoms in total. The fourth-order valence-corrected chi connectivity index (χ4v) is 7.00. The van der Waals surface area contributed by atoms with Gasteiger partial charge in [0.1, 0.15) is 5.78 Å². The molecule has 0 spiro atoms. The number of thiol groups is 1. The maximum absolute atomic E-state index is 12.4. The molecule has 0 bridgehead atoms. The van der Waals surface area contributed by atoms with Crippen LogP contribution in [0.25, 0.3) is 0 Å². The number of hydrogen-bond acceptors (Lipinski definition) is 4. The Morgan fingerprint density at radius 3 is 2.78 bits per heavy atom. The summed E-state index contributed by atoms with van der Waals surface area (Å²) in [6.45, 7) is 6.80. The summed E-state index contributed by atoms with van der Waals surface area (Å²) in [4.78, 5) is 28.0. The highest BCUT2D eigenvalue weighted by Gasteiger charge is 2.42. The van der Waals surface area contributed by atoms with Crippen molar-refractivity contribution in [3.05, 3.63) is 0 Å². The lowest BCUT2D eigenvalue weighted by atomic mass is 9.79. The first kappa shape index (κ1) is 18.5. The molecule has 0 aromatic carbocycles. The molecule has 2 rings (SSSR count). The van der Waals surface area contributed by atoms with E-state index in [-0.39, 0.29) is 18.1 Å². The largest absolute Gasteiger partial charge is 0.481 e. The number of carbonyl (C=O) groups excluding carboxylic acids is 1. The molecule has 1 aliphatic heterocycles. The lowest BCUT2D eigenvalue weighted by molar-refractivity contribution is -0.137. The summed E-state index contributed by atoms with van der Waals surface area (Å²) >= 11 is 0. The molecule has 1 aliphatic carbocycles. The number of ketones is 1. The number of nitrogens with zero attached hydrogens (tertiary/aromatic N) is 1. The van der Waals surface area contributed by atoms with Crippen LogP contribution in [0.15, 0.2) is 4.99 Å². The van der Waals surface area contributed by atoms with Gasteiger partial charge in [-0.15, -0.1) is 0 Å². The first-order chi connectivity index (χ1) is 10.7. The molecular weight excluding hydrogens is 314 g/mol. The highest BCUT2D eigenvalue weighted by molar-refractivity contribution is 8.30. The SMILES string of the molecule is CC(C)[C@H](CCC(=O)O)[SH]1CCN=C1C1CC(C)(O)CCC1=O. The van der Waals surface area contributed by atoms with Crippen LogP contribution in [0.5, 0.6) is 0 Å². The fourth-order valence-electron chi connectivity index (χ4n) is 3.70. The number of aliphatic hydroxyl groups is 1. The highest BCUT2D eigenvalue weighted by atomic mass is 32.2. The lowest BCUT2D eigenvalue weighted by Gasteiger charge is -2.38. The van der Waals surface area contributed by atoms with E-state index >= 15 is 0 Å². The molecule has 0 aromatic rings. The van der Waals surface area contributed by atoms with E-state index in [1.54, 1.807) is 6.92 Å². The second kappa shape index (κ2) is 7.34. The number of carboxylic acid groups (broad SMARTS) is 1. The molecule has 0 radical (unpaired) electrons. The predicted molar refractivity (Wildman–Crippen MR) is 94.6 cm³/mol. The van der Waals surface area contributed by atoms with Gasteiger partial charge >= 0.3 is 5.97 Å². The second-order valence-corrected chi connectivity index (χ2v) is 9.91. The van der Waals surface area contributed by atoms with Crippen molar-refractivity contribution in [2.75, 3.05) is 12.3 Å². The lowest BCUT2D eigenvalue weighted by Crippen LogP contribution is -2.41. The van der Waals surface area contributed by atoms with Gasteiger partial charge in [-0.25, -0.2) is 10.9 Å². The van der Waals surface area contributed by atoms with Gasteiger partial charge in [-0.1, -0.05) is 13.8 Å². The van der Waals surface area contributed by atoms with Crippen molar-refractivity contribution in [2.45, 2.75) is 63.7 Å². The number of carbonyl (C=O) groups is 2. The number of carboxylic acids is 1. The maximum atomic E-state index is 12.4. The molecule has 2 aliphatic rings. The number of aliphatic carboxylic acids is 1. The summed E-state index contributed by atoms with van der Waals surface area (Å²) in [6.07, 6.45) is 2.23. The maximum Gasteiger partial charge on any atom is 0.303 e. The van der Waals surface area contributed by atoms with Crippen molar-refractivity contribution in [1.82, 2.24) is 0 Å². The van der Waals surface area contributed by atoms with Gasteiger partial charge in [0.05, 0.1) is 16.6 Å². The molecule has 0 aromatic heterocycles. The van der Waals surface area contributed by atoms with Crippen molar-refractivity contribution >= 4 is 27.7 Å². The summed E-state index contributed by atoms with van der Waals surface area (Å²) in [7, 11) is -0.578. The molecule has 3 unspecified atom stereocenters. The average Bonchev–Trinajstić information content (AvgIpc) is 2.90. The molecular formula is C17H29NO4S. The van der Waals surface area contributed by atoms with E-state index in [1.807, 2.05) is 0 Å². The Morgan fingerprint density at radius 2 is 2.17 bits per heavy atom. The van der Waals surface area contributed by atoms with E-state index in [2.05, 4.69) is 18.8 Å². The molecule has 4 atom stereocenters. The predicted octanol–water partition coefficient (Wildman–Crippen LogP) is 2.41. The van der Waals surface area contributed by atoms with Gasteiger partial charge in [-0.3, -0.25) is 14.6 Å². The van der Waals surface area contributed by atoms with Gasteiger partial charge in [0.15, 0.2) is 0 Å². The summed E-state index contributed by atoms with van der Waals surface area (Å²) in [6, 6.07) is 0. The summed E-state index contributed by atoms with van der Waals surface area (Å²) in [5.41, 5.74) is -0.793. The monoisotopic (exact) mass is 343 g/mol. The third kappa shape index (κ3) is 4.57. The normalized spacial score (nSPS) is 34.5. The number of aliphatic imine (C=N–C) groups is 1. The smallest absolute Gasteiger partial charge is 0.303 e. The Morgan fingerprint density at radius 1 is 1.48 bits per heavy atom. The molecule has 23 heavy (non-hydrogen) atoms. The topological polar surface area (TPSA) is 87.0 Å². The summed E-state index contributed by atoms with van der Waals surface area (Å²) < 4.78 is 0. The minimum Gasteiger partial charge on any atom is -0.481 e. The van der Waals surface area contributed by atoms with Gasteiger partial charge in [0.25, 0.3) is 0 Å². The molecule has 6 heteroatoms. The zero-order valence-corrected chi connectivity index (χ0v) is 15.2. The van der Waals surface area contributed by atoms with Gasteiger partial charge in [-0.2, -0.15) is 0 Å². The van der Waals surface area contributed by atoms with Crippen molar-refractivity contribution in [1.29, 1.82) is 0 Å². The van der Waals surface area contributed by atoms with Crippen molar-refractivity contribution in [3.63, 3.8) is 0 Å². The Labute approximate surface area is 140 Å². The Balaban J connectivity index is 2.17. The van der Waals surface area contributed by atoms with E-state index in [4.69, 9.17) is 5.11 Å². The number of hydrogen-bond donors (Lipinski definition) is 3. The number of rotatable bonds is 6. The van der Waals surface area contributed by atoms with Crippen molar-refractivity contribution < 1.29 is 19.8 Å². The third-order valence-electron chi connectivity index (χ3n) is 4.99. The summed E-state index contributed by atoms with van der Waals surface area (Å²) in [5.74, 6) is 0.519. The van der Waals surface area contributed by atoms with Crippen LogP contribution in [0, 0.1) is 11.8 Å². The van der Waals surface area contributed by atoms with Gasteiger partial charge in [-0.05, 0) is 43.1 Å². The van der Waals surface area contributed by atoms with E-state index in [0.29, 0.717) is 36.9 Å². The Bertz CT molecular complexity index is 501. The fraction of sp³-hybridized carbons (Fsp3) is 0.824. The summed E-state index contributed by atoms with van der Waals surface area (Å²) in [5, 5.41) is 20.6. The van der Waals surface area contributed by atoms with Crippen molar-refractivity contribution in [2.24, 2.45) is 16.8 Å². The minimum absolute atomic E-state index is 0.172.